The van der Waals surface area contributed by atoms with Gasteiger partial charge in [-0.3, -0.25) is 0 Å². The standard InChI is InChI=1S/C12H18N2O/c1-15-11-5-3-2-4-10(11)12(13)6-8-14-9-7-12/h2-5,14H,6-9,13H2,1H3. The van der Waals surface area contributed by atoms with Crippen molar-refractivity contribution in [2.24, 2.45) is 5.73 Å². The molecular weight excluding hydrogens is 188 g/mol. The van der Waals surface area contributed by atoms with Gasteiger partial charge in [0.2, 0.25) is 0 Å². The van der Waals surface area contributed by atoms with E-state index < -0.39 is 0 Å². The Labute approximate surface area is 90.6 Å². The number of rotatable bonds is 2. The molecule has 0 aliphatic carbocycles. The van der Waals surface area contributed by atoms with Crippen LogP contribution in [0.4, 0.5) is 0 Å². The molecule has 82 valence electrons. The predicted octanol–water partition coefficient (Wildman–Crippen LogP) is 1.23. The molecule has 1 aromatic rings. The Morgan fingerprint density at radius 1 is 1.27 bits per heavy atom. The number of ether oxygens (including phenoxy) is 1. The molecule has 1 heterocycles. The fraction of sp³-hybridized carbons (Fsp3) is 0.500. The molecule has 0 aromatic heterocycles. The van der Waals surface area contributed by atoms with Crippen molar-refractivity contribution in [3.8, 4) is 5.75 Å². The summed E-state index contributed by atoms with van der Waals surface area (Å²) in [5.74, 6) is 0.905. The van der Waals surface area contributed by atoms with Gasteiger partial charge in [-0.2, -0.15) is 0 Å². The molecule has 0 saturated carbocycles. The fourth-order valence-electron chi connectivity index (χ4n) is 2.20. The smallest absolute Gasteiger partial charge is 0.123 e. The van der Waals surface area contributed by atoms with E-state index >= 15 is 0 Å². The van der Waals surface area contributed by atoms with Crippen molar-refractivity contribution in [1.82, 2.24) is 5.32 Å². The first-order valence-corrected chi connectivity index (χ1v) is 5.39. The minimum absolute atomic E-state index is 0.224. The third-order valence-electron chi connectivity index (χ3n) is 3.14. The minimum atomic E-state index is -0.224. The summed E-state index contributed by atoms with van der Waals surface area (Å²) in [5.41, 5.74) is 7.35. The molecular formula is C12H18N2O. The molecule has 0 amide bonds. The van der Waals surface area contributed by atoms with E-state index in [1.165, 1.54) is 0 Å². The summed E-state index contributed by atoms with van der Waals surface area (Å²) < 4.78 is 5.36. The molecule has 1 aromatic carbocycles. The first-order valence-electron chi connectivity index (χ1n) is 5.39. The number of para-hydroxylation sites is 1. The van der Waals surface area contributed by atoms with E-state index in [0.29, 0.717) is 0 Å². The van der Waals surface area contributed by atoms with Gasteiger partial charge in [-0.05, 0) is 32.0 Å². The zero-order valence-electron chi connectivity index (χ0n) is 9.12. The Morgan fingerprint density at radius 2 is 1.93 bits per heavy atom. The van der Waals surface area contributed by atoms with Crippen molar-refractivity contribution >= 4 is 0 Å². The highest BCUT2D eigenvalue weighted by molar-refractivity contribution is 5.39. The number of nitrogens with one attached hydrogen (secondary N) is 1. The molecule has 0 bridgehead atoms. The van der Waals surface area contributed by atoms with Crippen molar-refractivity contribution in [2.75, 3.05) is 20.2 Å². The number of hydrogen-bond acceptors (Lipinski definition) is 3. The second-order valence-corrected chi connectivity index (χ2v) is 4.11. The monoisotopic (exact) mass is 206 g/mol. The summed E-state index contributed by atoms with van der Waals surface area (Å²) in [5, 5.41) is 3.33. The van der Waals surface area contributed by atoms with E-state index in [2.05, 4.69) is 11.4 Å². The first-order chi connectivity index (χ1) is 7.26. The Hall–Kier alpha value is -1.06. The van der Waals surface area contributed by atoms with Gasteiger partial charge in [-0.1, -0.05) is 18.2 Å². The van der Waals surface area contributed by atoms with Gasteiger partial charge in [-0.25, -0.2) is 0 Å². The third kappa shape index (κ3) is 1.98. The molecule has 1 saturated heterocycles. The quantitative estimate of drug-likeness (QED) is 0.765. The number of hydrogen-bond donors (Lipinski definition) is 2. The highest BCUT2D eigenvalue weighted by Crippen LogP contribution is 2.33. The van der Waals surface area contributed by atoms with E-state index in [4.69, 9.17) is 10.5 Å². The van der Waals surface area contributed by atoms with Gasteiger partial charge in [0.25, 0.3) is 0 Å². The molecule has 0 atom stereocenters. The molecule has 3 nitrogen and oxygen atoms in total. The Kier molecular flexibility index (Phi) is 2.93. The van der Waals surface area contributed by atoms with E-state index in [9.17, 15) is 0 Å². The van der Waals surface area contributed by atoms with Gasteiger partial charge in [-0.15, -0.1) is 0 Å². The van der Waals surface area contributed by atoms with Crippen molar-refractivity contribution in [3.05, 3.63) is 29.8 Å². The van der Waals surface area contributed by atoms with Crippen LogP contribution in [0.2, 0.25) is 0 Å². The van der Waals surface area contributed by atoms with Crippen LogP contribution in [0.1, 0.15) is 18.4 Å². The van der Waals surface area contributed by atoms with E-state index in [-0.39, 0.29) is 5.54 Å². The van der Waals surface area contributed by atoms with Gasteiger partial charge in [0.05, 0.1) is 7.11 Å². The topological polar surface area (TPSA) is 47.3 Å². The van der Waals surface area contributed by atoms with E-state index in [1.54, 1.807) is 7.11 Å². The van der Waals surface area contributed by atoms with Crippen molar-refractivity contribution in [2.45, 2.75) is 18.4 Å². The average Bonchev–Trinajstić information content (AvgIpc) is 2.30. The second-order valence-electron chi connectivity index (χ2n) is 4.11. The summed E-state index contributed by atoms with van der Waals surface area (Å²) in [6, 6.07) is 8.05. The number of benzene rings is 1. The van der Waals surface area contributed by atoms with Gasteiger partial charge >= 0.3 is 0 Å². The molecule has 0 unspecified atom stereocenters. The summed E-state index contributed by atoms with van der Waals surface area (Å²) in [7, 11) is 1.70. The maximum Gasteiger partial charge on any atom is 0.123 e. The zero-order valence-corrected chi connectivity index (χ0v) is 9.12. The zero-order chi connectivity index (χ0) is 10.7. The van der Waals surface area contributed by atoms with Crippen LogP contribution in [0.3, 0.4) is 0 Å². The SMILES string of the molecule is COc1ccccc1C1(N)CCNCC1. The van der Waals surface area contributed by atoms with Crippen LogP contribution in [0.25, 0.3) is 0 Å². The highest BCUT2D eigenvalue weighted by atomic mass is 16.5. The molecule has 3 N–H and O–H groups in total. The number of nitrogens with two attached hydrogens (primary N) is 1. The minimum Gasteiger partial charge on any atom is -0.496 e. The van der Waals surface area contributed by atoms with E-state index in [0.717, 1.165) is 37.2 Å². The molecule has 15 heavy (non-hydrogen) atoms. The lowest BCUT2D eigenvalue weighted by molar-refractivity contribution is 0.302. The Morgan fingerprint density at radius 3 is 2.60 bits per heavy atom. The largest absolute Gasteiger partial charge is 0.496 e. The van der Waals surface area contributed by atoms with Crippen molar-refractivity contribution in [3.63, 3.8) is 0 Å². The predicted molar refractivity (Wildman–Crippen MR) is 61.0 cm³/mol. The highest BCUT2D eigenvalue weighted by Gasteiger charge is 2.31. The second kappa shape index (κ2) is 4.21. The van der Waals surface area contributed by atoms with Crippen LogP contribution in [0.5, 0.6) is 5.75 Å². The molecule has 0 radical (unpaired) electrons. The van der Waals surface area contributed by atoms with Crippen LogP contribution in [0, 0.1) is 0 Å². The van der Waals surface area contributed by atoms with Gasteiger partial charge < -0.3 is 15.8 Å². The van der Waals surface area contributed by atoms with Crippen molar-refractivity contribution in [1.29, 1.82) is 0 Å². The Bertz CT molecular complexity index is 332. The molecule has 1 aliphatic heterocycles. The van der Waals surface area contributed by atoms with Gasteiger partial charge in [0.1, 0.15) is 5.75 Å². The summed E-state index contributed by atoms with van der Waals surface area (Å²) in [6.07, 6.45) is 1.93. The molecule has 2 rings (SSSR count). The normalized spacial score (nSPS) is 19.9. The maximum atomic E-state index is 6.44. The fourth-order valence-corrected chi connectivity index (χ4v) is 2.20. The first kappa shape index (κ1) is 10.5. The maximum absolute atomic E-state index is 6.44. The van der Waals surface area contributed by atoms with Crippen LogP contribution >= 0.6 is 0 Å². The van der Waals surface area contributed by atoms with Gasteiger partial charge in [0.15, 0.2) is 0 Å². The van der Waals surface area contributed by atoms with Crippen LogP contribution in [0.15, 0.2) is 24.3 Å². The Balaban J connectivity index is 2.34. The number of methoxy groups -OCH3 is 1. The lowest BCUT2D eigenvalue weighted by Crippen LogP contribution is -2.46. The third-order valence-corrected chi connectivity index (χ3v) is 3.14. The summed E-state index contributed by atoms with van der Waals surface area (Å²) in [6.45, 7) is 1.96. The number of piperidine rings is 1. The average molecular weight is 206 g/mol. The lowest BCUT2D eigenvalue weighted by atomic mass is 9.82. The molecule has 3 heteroatoms. The van der Waals surface area contributed by atoms with Gasteiger partial charge in [0, 0.05) is 11.1 Å². The molecule has 0 spiro atoms. The van der Waals surface area contributed by atoms with Crippen LogP contribution in [-0.4, -0.2) is 20.2 Å². The summed E-state index contributed by atoms with van der Waals surface area (Å²) >= 11 is 0. The van der Waals surface area contributed by atoms with E-state index in [1.807, 2.05) is 18.2 Å². The van der Waals surface area contributed by atoms with Crippen LogP contribution in [-0.2, 0) is 5.54 Å². The summed E-state index contributed by atoms with van der Waals surface area (Å²) in [4.78, 5) is 0. The molecule has 1 fully saturated rings. The van der Waals surface area contributed by atoms with Crippen molar-refractivity contribution < 1.29 is 4.74 Å². The lowest BCUT2D eigenvalue weighted by Gasteiger charge is -2.35. The van der Waals surface area contributed by atoms with Crippen LogP contribution < -0.4 is 15.8 Å². The molecule has 1 aliphatic rings.